The van der Waals surface area contributed by atoms with Crippen molar-refractivity contribution in [3.8, 4) is 0 Å². The summed E-state index contributed by atoms with van der Waals surface area (Å²) in [6, 6.07) is 0. The highest BCUT2D eigenvalue weighted by atomic mass is 16.5. The molecule has 5 heteroatoms. The quantitative estimate of drug-likeness (QED) is 0.715. The van der Waals surface area contributed by atoms with E-state index < -0.39 is 0 Å². The molecule has 0 bridgehead atoms. The van der Waals surface area contributed by atoms with Gasteiger partial charge in [0.15, 0.2) is 0 Å². The van der Waals surface area contributed by atoms with Crippen LogP contribution in [0.5, 0.6) is 0 Å². The van der Waals surface area contributed by atoms with Gasteiger partial charge in [-0.2, -0.15) is 0 Å². The first-order valence-electron chi connectivity index (χ1n) is 6.55. The molecule has 2 aliphatic rings. The van der Waals surface area contributed by atoms with E-state index in [1.165, 1.54) is 0 Å². The van der Waals surface area contributed by atoms with Gasteiger partial charge in [0.05, 0.1) is 12.2 Å². The Morgan fingerprint density at radius 1 is 1.41 bits per heavy atom. The number of carbonyl (C=O) groups is 1. The summed E-state index contributed by atoms with van der Waals surface area (Å²) in [5.41, 5.74) is 0. The molecule has 2 aliphatic heterocycles. The van der Waals surface area contributed by atoms with Crippen molar-refractivity contribution in [3.05, 3.63) is 0 Å². The Labute approximate surface area is 102 Å². The Kier molecular flexibility index (Phi) is 5.22. The monoisotopic (exact) mass is 242 g/mol. The third-order valence-electron chi connectivity index (χ3n) is 3.25. The molecule has 2 heterocycles. The van der Waals surface area contributed by atoms with Gasteiger partial charge in [0.2, 0.25) is 5.91 Å². The number of nitrogens with one attached hydrogen (secondary N) is 2. The molecule has 0 aromatic heterocycles. The average Bonchev–Trinajstić information content (AvgIpc) is 2.88. The molecule has 0 saturated carbocycles. The van der Waals surface area contributed by atoms with Crippen LogP contribution in [0.1, 0.15) is 25.7 Å². The Balaban J connectivity index is 1.53. The number of hydrogen-bond acceptors (Lipinski definition) is 4. The normalized spacial score (nSPS) is 29.2. The van der Waals surface area contributed by atoms with Crippen molar-refractivity contribution in [2.45, 2.75) is 37.9 Å². The van der Waals surface area contributed by atoms with Gasteiger partial charge in [-0.25, -0.2) is 0 Å². The SMILES string of the molecule is O=C(CO[C@H]1CCCNC1)NC[C@@H]1CCCO1. The molecule has 0 aromatic carbocycles. The summed E-state index contributed by atoms with van der Waals surface area (Å²) in [4.78, 5) is 11.5. The van der Waals surface area contributed by atoms with E-state index in [0.717, 1.165) is 45.4 Å². The maximum Gasteiger partial charge on any atom is 0.246 e. The molecule has 0 aliphatic carbocycles. The first-order chi connectivity index (χ1) is 8.34. The third-order valence-corrected chi connectivity index (χ3v) is 3.25. The zero-order chi connectivity index (χ0) is 11.9. The van der Waals surface area contributed by atoms with E-state index in [9.17, 15) is 4.79 Å². The van der Waals surface area contributed by atoms with E-state index >= 15 is 0 Å². The van der Waals surface area contributed by atoms with Crippen LogP contribution < -0.4 is 10.6 Å². The van der Waals surface area contributed by atoms with E-state index in [4.69, 9.17) is 9.47 Å². The lowest BCUT2D eigenvalue weighted by atomic mass is 10.1. The number of carbonyl (C=O) groups excluding carboxylic acids is 1. The minimum absolute atomic E-state index is 0.0360. The Morgan fingerprint density at radius 3 is 3.06 bits per heavy atom. The minimum Gasteiger partial charge on any atom is -0.376 e. The summed E-state index contributed by atoms with van der Waals surface area (Å²) in [6.07, 6.45) is 4.72. The molecule has 98 valence electrons. The van der Waals surface area contributed by atoms with Gasteiger partial charge in [-0.15, -0.1) is 0 Å². The summed E-state index contributed by atoms with van der Waals surface area (Å²) >= 11 is 0. The molecular weight excluding hydrogens is 220 g/mol. The molecule has 0 radical (unpaired) electrons. The van der Waals surface area contributed by atoms with Crippen molar-refractivity contribution in [3.63, 3.8) is 0 Å². The maximum atomic E-state index is 11.5. The van der Waals surface area contributed by atoms with Crippen molar-refractivity contribution in [2.75, 3.05) is 32.8 Å². The van der Waals surface area contributed by atoms with E-state index in [1.807, 2.05) is 0 Å². The zero-order valence-corrected chi connectivity index (χ0v) is 10.2. The van der Waals surface area contributed by atoms with Gasteiger partial charge in [-0.05, 0) is 32.2 Å². The molecule has 0 aromatic rings. The fraction of sp³-hybridized carbons (Fsp3) is 0.917. The van der Waals surface area contributed by atoms with E-state index in [2.05, 4.69) is 10.6 Å². The van der Waals surface area contributed by atoms with E-state index in [0.29, 0.717) is 6.54 Å². The van der Waals surface area contributed by atoms with Crippen molar-refractivity contribution in [1.29, 1.82) is 0 Å². The van der Waals surface area contributed by atoms with Crippen LogP contribution in [0.2, 0.25) is 0 Å². The number of ether oxygens (including phenoxy) is 2. The molecule has 0 unspecified atom stereocenters. The molecule has 2 rings (SSSR count). The van der Waals surface area contributed by atoms with E-state index in [-0.39, 0.29) is 24.7 Å². The Morgan fingerprint density at radius 2 is 2.35 bits per heavy atom. The zero-order valence-electron chi connectivity index (χ0n) is 10.2. The summed E-state index contributed by atoms with van der Waals surface area (Å²) in [7, 11) is 0. The van der Waals surface area contributed by atoms with Crippen LogP contribution in [0, 0.1) is 0 Å². The predicted molar refractivity (Wildman–Crippen MR) is 63.8 cm³/mol. The number of rotatable bonds is 5. The lowest BCUT2D eigenvalue weighted by molar-refractivity contribution is -0.128. The van der Waals surface area contributed by atoms with Gasteiger partial charge >= 0.3 is 0 Å². The second-order valence-electron chi connectivity index (χ2n) is 4.72. The lowest BCUT2D eigenvalue weighted by Gasteiger charge is -2.22. The topological polar surface area (TPSA) is 59.6 Å². The summed E-state index contributed by atoms with van der Waals surface area (Å²) < 4.78 is 11.0. The number of piperidine rings is 1. The second-order valence-corrected chi connectivity index (χ2v) is 4.72. The first-order valence-corrected chi connectivity index (χ1v) is 6.55. The van der Waals surface area contributed by atoms with Gasteiger partial charge < -0.3 is 20.1 Å². The van der Waals surface area contributed by atoms with Gasteiger partial charge in [-0.3, -0.25) is 4.79 Å². The Bertz CT molecular complexity index is 236. The number of amides is 1. The van der Waals surface area contributed by atoms with Gasteiger partial charge in [-0.1, -0.05) is 0 Å². The third kappa shape index (κ3) is 4.61. The molecule has 2 N–H and O–H groups in total. The highest BCUT2D eigenvalue weighted by molar-refractivity contribution is 5.77. The van der Waals surface area contributed by atoms with Crippen LogP contribution in [0.15, 0.2) is 0 Å². The summed E-state index contributed by atoms with van der Waals surface area (Å²) in [5, 5.41) is 6.11. The number of hydrogen-bond donors (Lipinski definition) is 2. The van der Waals surface area contributed by atoms with Gasteiger partial charge in [0.1, 0.15) is 6.61 Å². The molecule has 5 nitrogen and oxygen atoms in total. The molecule has 2 fully saturated rings. The van der Waals surface area contributed by atoms with Crippen LogP contribution >= 0.6 is 0 Å². The van der Waals surface area contributed by atoms with Crippen molar-refractivity contribution < 1.29 is 14.3 Å². The second kappa shape index (κ2) is 6.93. The molecule has 2 saturated heterocycles. The molecule has 17 heavy (non-hydrogen) atoms. The summed E-state index contributed by atoms with van der Waals surface area (Å²) in [5.74, 6) is -0.0360. The largest absolute Gasteiger partial charge is 0.376 e. The molecule has 2 atom stereocenters. The van der Waals surface area contributed by atoms with Crippen LogP contribution in [-0.4, -0.2) is 51.0 Å². The van der Waals surface area contributed by atoms with Gasteiger partial charge in [0, 0.05) is 19.7 Å². The molecular formula is C12H22N2O3. The highest BCUT2D eigenvalue weighted by Crippen LogP contribution is 2.10. The van der Waals surface area contributed by atoms with Gasteiger partial charge in [0.25, 0.3) is 0 Å². The standard InChI is InChI=1S/C12H22N2O3/c15-12(14-8-11-4-2-6-16-11)9-17-10-3-1-5-13-7-10/h10-11,13H,1-9H2,(H,14,15)/t10-,11-/m0/s1. The lowest BCUT2D eigenvalue weighted by Crippen LogP contribution is -2.39. The van der Waals surface area contributed by atoms with Crippen LogP contribution in [0.3, 0.4) is 0 Å². The van der Waals surface area contributed by atoms with E-state index in [1.54, 1.807) is 0 Å². The van der Waals surface area contributed by atoms with Crippen molar-refractivity contribution in [2.24, 2.45) is 0 Å². The van der Waals surface area contributed by atoms with Crippen LogP contribution in [-0.2, 0) is 14.3 Å². The minimum atomic E-state index is -0.0360. The predicted octanol–water partition coefficient (Wildman–Crippen LogP) is 0.0502. The average molecular weight is 242 g/mol. The highest BCUT2D eigenvalue weighted by Gasteiger charge is 2.17. The maximum absolute atomic E-state index is 11.5. The van der Waals surface area contributed by atoms with Crippen molar-refractivity contribution >= 4 is 5.91 Å². The fourth-order valence-corrected chi connectivity index (χ4v) is 2.24. The van der Waals surface area contributed by atoms with Crippen LogP contribution in [0.4, 0.5) is 0 Å². The van der Waals surface area contributed by atoms with Crippen molar-refractivity contribution in [1.82, 2.24) is 10.6 Å². The molecule has 1 amide bonds. The van der Waals surface area contributed by atoms with Crippen LogP contribution in [0.25, 0.3) is 0 Å². The molecule has 0 spiro atoms. The summed E-state index contributed by atoms with van der Waals surface area (Å²) in [6.45, 7) is 3.53. The first kappa shape index (κ1) is 12.8. The Hall–Kier alpha value is -0.650. The smallest absolute Gasteiger partial charge is 0.246 e. The fourth-order valence-electron chi connectivity index (χ4n) is 2.24.